The highest BCUT2D eigenvalue weighted by Gasteiger charge is 2.17. The second kappa shape index (κ2) is 8.38. The van der Waals surface area contributed by atoms with Crippen molar-refractivity contribution in [3.63, 3.8) is 0 Å². The number of nitrogens with zero attached hydrogens (tertiary/aromatic N) is 1. The number of para-hydroxylation sites is 1. The molecule has 0 fully saturated rings. The van der Waals surface area contributed by atoms with E-state index in [9.17, 15) is 4.79 Å². The zero-order chi connectivity index (χ0) is 16.2. The molecular weight excluding hydrogens is 345 g/mol. The fourth-order valence-corrected chi connectivity index (χ4v) is 3.06. The molecule has 3 rings (SSSR count). The molecule has 0 spiro atoms. The lowest BCUT2D eigenvalue weighted by molar-refractivity contribution is -0.115. The van der Waals surface area contributed by atoms with Gasteiger partial charge < -0.3 is 15.5 Å². The summed E-state index contributed by atoms with van der Waals surface area (Å²) < 4.78 is 0. The van der Waals surface area contributed by atoms with Gasteiger partial charge in [-0.15, -0.1) is 12.4 Å². The maximum atomic E-state index is 12.4. The van der Waals surface area contributed by atoms with Crippen LogP contribution in [0.15, 0.2) is 42.5 Å². The van der Waals surface area contributed by atoms with Gasteiger partial charge in [-0.1, -0.05) is 35.9 Å². The van der Waals surface area contributed by atoms with E-state index < -0.39 is 0 Å². The van der Waals surface area contributed by atoms with Gasteiger partial charge >= 0.3 is 0 Å². The minimum Gasteiger partial charge on any atom is -0.361 e. The van der Waals surface area contributed by atoms with E-state index in [2.05, 4.69) is 27.7 Å². The molecule has 1 aliphatic rings. The van der Waals surface area contributed by atoms with Crippen LogP contribution in [-0.2, 0) is 11.3 Å². The number of carbonyl (C=O) groups excluding carboxylic acids is 1. The highest BCUT2D eigenvalue weighted by atomic mass is 35.5. The van der Waals surface area contributed by atoms with E-state index in [1.54, 1.807) is 0 Å². The lowest BCUT2D eigenvalue weighted by Crippen LogP contribution is -2.36. The second-order valence-electron chi connectivity index (χ2n) is 5.76. The average molecular weight is 366 g/mol. The number of hydrogen-bond donors (Lipinski definition) is 2. The zero-order valence-corrected chi connectivity index (χ0v) is 15.1. The molecule has 0 unspecified atom stereocenters. The molecule has 2 aromatic carbocycles. The SMILES string of the molecule is Cc1ccc(NC(=O)CN2CCNCc3ccccc32)c(Cl)c1.Cl. The summed E-state index contributed by atoms with van der Waals surface area (Å²) in [6.07, 6.45) is 0. The van der Waals surface area contributed by atoms with E-state index in [4.69, 9.17) is 11.6 Å². The van der Waals surface area contributed by atoms with Crippen molar-refractivity contribution in [2.24, 2.45) is 0 Å². The second-order valence-corrected chi connectivity index (χ2v) is 6.17. The summed E-state index contributed by atoms with van der Waals surface area (Å²) in [6, 6.07) is 13.8. The Labute approximate surface area is 153 Å². The van der Waals surface area contributed by atoms with Crippen molar-refractivity contribution in [2.45, 2.75) is 13.5 Å². The first kappa shape index (κ1) is 18.6. The van der Waals surface area contributed by atoms with Crippen LogP contribution in [0.4, 0.5) is 11.4 Å². The van der Waals surface area contributed by atoms with Gasteiger partial charge in [0, 0.05) is 25.3 Å². The molecule has 2 aromatic rings. The highest BCUT2D eigenvalue weighted by molar-refractivity contribution is 6.33. The van der Waals surface area contributed by atoms with Crippen molar-refractivity contribution in [2.75, 3.05) is 29.9 Å². The number of nitrogens with one attached hydrogen (secondary N) is 2. The summed E-state index contributed by atoms with van der Waals surface area (Å²) in [7, 11) is 0. The molecule has 1 amide bonds. The fraction of sp³-hybridized carbons (Fsp3) is 0.278. The van der Waals surface area contributed by atoms with Crippen LogP contribution in [0.5, 0.6) is 0 Å². The first-order valence-electron chi connectivity index (χ1n) is 7.73. The number of amides is 1. The summed E-state index contributed by atoms with van der Waals surface area (Å²) in [5.41, 5.74) is 4.05. The number of anilines is 2. The number of rotatable bonds is 3. The normalized spacial score (nSPS) is 13.5. The van der Waals surface area contributed by atoms with Gasteiger partial charge in [-0.05, 0) is 36.2 Å². The van der Waals surface area contributed by atoms with Crippen LogP contribution >= 0.6 is 24.0 Å². The van der Waals surface area contributed by atoms with Gasteiger partial charge in [0.25, 0.3) is 0 Å². The molecule has 0 saturated carbocycles. The molecule has 24 heavy (non-hydrogen) atoms. The van der Waals surface area contributed by atoms with Crippen molar-refractivity contribution in [1.82, 2.24) is 5.32 Å². The summed E-state index contributed by atoms with van der Waals surface area (Å²) >= 11 is 6.19. The van der Waals surface area contributed by atoms with Crippen molar-refractivity contribution < 1.29 is 4.79 Å². The Bertz CT molecular complexity index is 721. The van der Waals surface area contributed by atoms with Gasteiger partial charge in [0.15, 0.2) is 0 Å². The average Bonchev–Trinajstić information content (AvgIpc) is 2.73. The number of carbonyl (C=O) groups is 1. The zero-order valence-electron chi connectivity index (χ0n) is 13.5. The van der Waals surface area contributed by atoms with Crippen LogP contribution in [0.3, 0.4) is 0 Å². The van der Waals surface area contributed by atoms with Gasteiger partial charge in [-0.25, -0.2) is 0 Å². The summed E-state index contributed by atoms with van der Waals surface area (Å²) in [5.74, 6) is -0.0625. The van der Waals surface area contributed by atoms with Crippen LogP contribution < -0.4 is 15.5 Å². The molecular formula is C18H21Cl2N3O. The number of halogens is 2. The van der Waals surface area contributed by atoms with Crippen molar-refractivity contribution in [3.05, 3.63) is 58.6 Å². The largest absolute Gasteiger partial charge is 0.361 e. The predicted octanol–water partition coefficient (Wildman–Crippen LogP) is 3.62. The van der Waals surface area contributed by atoms with Gasteiger partial charge in [-0.2, -0.15) is 0 Å². The summed E-state index contributed by atoms with van der Waals surface area (Å²) in [6.45, 7) is 4.76. The Hall–Kier alpha value is -1.75. The predicted molar refractivity (Wildman–Crippen MR) is 102 cm³/mol. The molecule has 1 aliphatic heterocycles. The minimum absolute atomic E-state index is 0. The van der Waals surface area contributed by atoms with E-state index in [1.807, 2.05) is 37.3 Å². The quantitative estimate of drug-likeness (QED) is 0.872. The molecule has 0 bridgehead atoms. The third kappa shape index (κ3) is 4.41. The molecule has 0 aromatic heterocycles. The smallest absolute Gasteiger partial charge is 0.243 e. The molecule has 6 heteroatoms. The maximum absolute atomic E-state index is 12.4. The van der Waals surface area contributed by atoms with Crippen LogP contribution in [0, 0.1) is 6.92 Å². The molecule has 1 heterocycles. The number of fused-ring (bicyclic) bond motifs is 1. The number of benzene rings is 2. The molecule has 0 saturated heterocycles. The molecule has 0 radical (unpaired) electrons. The van der Waals surface area contributed by atoms with E-state index in [0.717, 1.165) is 30.9 Å². The van der Waals surface area contributed by atoms with Crippen molar-refractivity contribution in [1.29, 1.82) is 0 Å². The molecule has 2 N–H and O–H groups in total. The number of hydrogen-bond acceptors (Lipinski definition) is 3. The highest BCUT2D eigenvalue weighted by Crippen LogP contribution is 2.24. The topological polar surface area (TPSA) is 44.4 Å². The summed E-state index contributed by atoms with van der Waals surface area (Å²) in [5, 5.41) is 6.85. The van der Waals surface area contributed by atoms with Crippen LogP contribution in [-0.4, -0.2) is 25.5 Å². The first-order valence-corrected chi connectivity index (χ1v) is 8.11. The van der Waals surface area contributed by atoms with E-state index >= 15 is 0 Å². The Kier molecular flexibility index (Phi) is 6.49. The molecule has 128 valence electrons. The third-order valence-electron chi connectivity index (χ3n) is 3.94. The van der Waals surface area contributed by atoms with Crippen LogP contribution in [0.1, 0.15) is 11.1 Å². The van der Waals surface area contributed by atoms with Gasteiger partial charge in [0.2, 0.25) is 5.91 Å². The minimum atomic E-state index is -0.0625. The van der Waals surface area contributed by atoms with Crippen molar-refractivity contribution in [3.8, 4) is 0 Å². The monoisotopic (exact) mass is 365 g/mol. The molecule has 0 aliphatic carbocycles. The number of aryl methyl sites for hydroxylation is 1. The van der Waals surface area contributed by atoms with E-state index in [0.29, 0.717) is 17.3 Å². The van der Waals surface area contributed by atoms with Gasteiger partial charge in [0.1, 0.15) is 0 Å². The molecule has 4 nitrogen and oxygen atoms in total. The van der Waals surface area contributed by atoms with Gasteiger partial charge in [-0.3, -0.25) is 4.79 Å². The first-order chi connectivity index (χ1) is 11.1. The van der Waals surface area contributed by atoms with Crippen LogP contribution in [0.25, 0.3) is 0 Å². The standard InChI is InChI=1S/C18H20ClN3O.ClH/c1-13-6-7-16(15(19)10-13)21-18(23)12-22-9-8-20-11-14-4-2-3-5-17(14)22;/h2-7,10,20H,8-9,11-12H2,1H3,(H,21,23);1H. The molecule has 0 atom stereocenters. The maximum Gasteiger partial charge on any atom is 0.243 e. The third-order valence-corrected chi connectivity index (χ3v) is 4.25. The lowest BCUT2D eigenvalue weighted by atomic mass is 10.1. The lowest BCUT2D eigenvalue weighted by Gasteiger charge is -2.24. The Balaban J connectivity index is 0.00000208. The summed E-state index contributed by atoms with van der Waals surface area (Å²) in [4.78, 5) is 14.5. The fourth-order valence-electron chi connectivity index (χ4n) is 2.78. The van der Waals surface area contributed by atoms with Gasteiger partial charge in [0.05, 0.1) is 17.3 Å². The van der Waals surface area contributed by atoms with E-state index in [1.165, 1.54) is 5.56 Å². The van der Waals surface area contributed by atoms with Crippen LogP contribution in [0.2, 0.25) is 5.02 Å². The van der Waals surface area contributed by atoms with E-state index in [-0.39, 0.29) is 18.3 Å². The Morgan fingerprint density at radius 2 is 2.08 bits per heavy atom. The Morgan fingerprint density at radius 1 is 1.29 bits per heavy atom. The van der Waals surface area contributed by atoms with Crippen molar-refractivity contribution >= 4 is 41.3 Å². The Morgan fingerprint density at radius 3 is 2.88 bits per heavy atom.